The summed E-state index contributed by atoms with van der Waals surface area (Å²) in [5.41, 5.74) is 1.61. The molecule has 5 nitrogen and oxygen atoms in total. The van der Waals surface area contributed by atoms with Crippen LogP contribution in [-0.4, -0.2) is 26.2 Å². The third-order valence-electron chi connectivity index (χ3n) is 4.04. The molecule has 6 heteroatoms. The number of amides is 1. The minimum absolute atomic E-state index is 0.0677. The van der Waals surface area contributed by atoms with E-state index in [0.717, 1.165) is 11.3 Å². The fraction of sp³-hybridized carbons (Fsp3) is 0.316. The lowest BCUT2D eigenvalue weighted by Gasteiger charge is -2.19. The summed E-state index contributed by atoms with van der Waals surface area (Å²) in [4.78, 5) is 12.5. The SMILES string of the molecule is COc1ccc(Cl)cc1NC(=O)[C@H](C)[NH2+][C@@H](C)c1ccccc1OC. The Morgan fingerprint density at radius 1 is 1.08 bits per heavy atom. The molecular formula is C19H24ClN2O3+. The molecule has 0 radical (unpaired) electrons. The van der Waals surface area contributed by atoms with E-state index in [1.54, 1.807) is 32.4 Å². The Balaban J connectivity index is 2.06. The van der Waals surface area contributed by atoms with E-state index < -0.39 is 0 Å². The zero-order valence-corrected chi connectivity index (χ0v) is 15.6. The lowest BCUT2D eigenvalue weighted by atomic mass is 10.1. The van der Waals surface area contributed by atoms with Gasteiger partial charge < -0.3 is 20.1 Å². The van der Waals surface area contributed by atoms with Crippen molar-refractivity contribution in [1.29, 1.82) is 0 Å². The number of anilines is 1. The van der Waals surface area contributed by atoms with Crippen molar-refractivity contribution < 1.29 is 19.6 Å². The number of hydrogen-bond donors (Lipinski definition) is 2. The van der Waals surface area contributed by atoms with E-state index in [2.05, 4.69) is 5.32 Å². The number of carbonyl (C=O) groups excluding carboxylic acids is 1. The van der Waals surface area contributed by atoms with Gasteiger partial charge in [-0.2, -0.15) is 0 Å². The van der Waals surface area contributed by atoms with Gasteiger partial charge in [0.15, 0.2) is 6.04 Å². The monoisotopic (exact) mass is 363 g/mol. The van der Waals surface area contributed by atoms with E-state index in [9.17, 15) is 4.79 Å². The summed E-state index contributed by atoms with van der Waals surface area (Å²) in [6, 6.07) is 12.7. The molecule has 0 heterocycles. The molecule has 2 atom stereocenters. The first-order valence-electron chi connectivity index (χ1n) is 8.08. The fourth-order valence-electron chi connectivity index (χ4n) is 2.69. The van der Waals surface area contributed by atoms with Crippen LogP contribution in [0.25, 0.3) is 0 Å². The van der Waals surface area contributed by atoms with E-state index in [1.165, 1.54) is 0 Å². The molecule has 25 heavy (non-hydrogen) atoms. The number of benzene rings is 2. The van der Waals surface area contributed by atoms with Gasteiger partial charge in [0.2, 0.25) is 0 Å². The van der Waals surface area contributed by atoms with Crippen molar-refractivity contribution in [2.45, 2.75) is 25.9 Å². The van der Waals surface area contributed by atoms with Gasteiger partial charge in [0.05, 0.1) is 25.5 Å². The summed E-state index contributed by atoms with van der Waals surface area (Å²) in [5.74, 6) is 1.26. The van der Waals surface area contributed by atoms with Crippen LogP contribution in [0, 0.1) is 0 Å². The van der Waals surface area contributed by atoms with Gasteiger partial charge in [-0.1, -0.05) is 23.7 Å². The molecule has 2 aromatic rings. The van der Waals surface area contributed by atoms with Crippen molar-refractivity contribution in [3.05, 3.63) is 53.1 Å². The minimum Gasteiger partial charge on any atom is -0.496 e. The first kappa shape index (κ1) is 19.1. The quantitative estimate of drug-likeness (QED) is 0.794. The van der Waals surface area contributed by atoms with Crippen LogP contribution < -0.4 is 20.1 Å². The second-order valence-electron chi connectivity index (χ2n) is 5.85. The van der Waals surface area contributed by atoms with Gasteiger partial charge in [-0.15, -0.1) is 0 Å². The summed E-state index contributed by atoms with van der Waals surface area (Å²) in [6.45, 7) is 3.90. The lowest BCUT2D eigenvalue weighted by Crippen LogP contribution is -2.91. The van der Waals surface area contributed by atoms with Crippen LogP contribution >= 0.6 is 11.6 Å². The van der Waals surface area contributed by atoms with Gasteiger partial charge in [0.1, 0.15) is 17.5 Å². The van der Waals surface area contributed by atoms with Gasteiger partial charge >= 0.3 is 0 Å². The molecule has 2 rings (SSSR count). The molecule has 0 aromatic heterocycles. The number of methoxy groups -OCH3 is 2. The average Bonchev–Trinajstić information content (AvgIpc) is 2.61. The van der Waals surface area contributed by atoms with Crippen LogP contribution in [0.15, 0.2) is 42.5 Å². The summed E-state index contributed by atoms with van der Waals surface area (Å²) < 4.78 is 10.7. The normalized spacial score (nSPS) is 13.0. The van der Waals surface area contributed by atoms with E-state index in [-0.39, 0.29) is 18.0 Å². The van der Waals surface area contributed by atoms with Gasteiger partial charge in [-0.05, 0) is 44.2 Å². The summed E-state index contributed by atoms with van der Waals surface area (Å²) >= 11 is 6.01. The molecule has 0 aliphatic carbocycles. The highest BCUT2D eigenvalue weighted by Gasteiger charge is 2.23. The number of nitrogens with two attached hydrogens (primary N) is 1. The molecule has 0 spiro atoms. The number of para-hydroxylation sites is 1. The van der Waals surface area contributed by atoms with Gasteiger partial charge in [0.25, 0.3) is 5.91 Å². The largest absolute Gasteiger partial charge is 0.496 e. The molecular weight excluding hydrogens is 340 g/mol. The fourth-order valence-corrected chi connectivity index (χ4v) is 2.86. The predicted molar refractivity (Wildman–Crippen MR) is 99.4 cm³/mol. The number of carbonyl (C=O) groups is 1. The molecule has 0 bridgehead atoms. The van der Waals surface area contributed by atoms with Crippen LogP contribution in [0.3, 0.4) is 0 Å². The van der Waals surface area contributed by atoms with E-state index in [1.807, 2.05) is 43.4 Å². The van der Waals surface area contributed by atoms with Crippen LogP contribution in [0.5, 0.6) is 11.5 Å². The predicted octanol–water partition coefficient (Wildman–Crippen LogP) is 3.01. The molecule has 1 amide bonds. The smallest absolute Gasteiger partial charge is 0.282 e. The highest BCUT2D eigenvalue weighted by molar-refractivity contribution is 6.31. The van der Waals surface area contributed by atoms with Crippen molar-refractivity contribution in [3.8, 4) is 11.5 Å². The Labute approximate surface area is 153 Å². The zero-order valence-electron chi connectivity index (χ0n) is 14.9. The standard InChI is InChI=1S/C19H23ClN2O3/c1-12(15-7-5-6-8-17(15)24-3)21-13(2)19(23)22-16-11-14(20)9-10-18(16)25-4/h5-13,21H,1-4H3,(H,22,23)/p+1/t12-,13-/m0/s1. The number of nitrogens with one attached hydrogen (secondary N) is 1. The van der Waals surface area contributed by atoms with Gasteiger partial charge in [-0.25, -0.2) is 0 Å². The highest BCUT2D eigenvalue weighted by atomic mass is 35.5. The third kappa shape index (κ3) is 4.87. The minimum atomic E-state index is -0.302. The average molecular weight is 364 g/mol. The Hall–Kier alpha value is -2.24. The maximum absolute atomic E-state index is 12.5. The Morgan fingerprint density at radius 2 is 1.76 bits per heavy atom. The van der Waals surface area contributed by atoms with Crippen molar-refractivity contribution in [3.63, 3.8) is 0 Å². The third-order valence-corrected chi connectivity index (χ3v) is 4.27. The van der Waals surface area contributed by atoms with Gasteiger partial charge in [0, 0.05) is 5.02 Å². The second-order valence-corrected chi connectivity index (χ2v) is 6.28. The van der Waals surface area contributed by atoms with E-state index in [0.29, 0.717) is 16.5 Å². The molecule has 0 aliphatic heterocycles. The molecule has 2 aromatic carbocycles. The molecule has 0 aliphatic rings. The number of quaternary nitrogens is 1. The molecule has 0 unspecified atom stereocenters. The molecule has 0 saturated carbocycles. The van der Waals surface area contributed by atoms with Crippen molar-refractivity contribution in [1.82, 2.24) is 0 Å². The van der Waals surface area contributed by atoms with Crippen LogP contribution in [0.4, 0.5) is 5.69 Å². The Bertz CT molecular complexity index is 736. The van der Waals surface area contributed by atoms with E-state index >= 15 is 0 Å². The first-order valence-corrected chi connectivity index (χ1v) is 8.46. The summed E-state index contributed by atoms with van der Waals surface area (Å²) in [6.07, 6.45) is 0. The number of ether oxygens (including phenoxy) is 2. The van der Waals surface area contributed by atoms with Crippen LogP contribution in [-0.2, 0) is 4.79 Å². The Kier molecular flexibility index (Phi) is 6.67. The first-order chi connectivity index (χ1) is 12.0. The maximum atomic E-state index is 12.5. The van der Waals surface area contributed by atoms with Crippen molar-refractivity contribution in [2.75, 3.05) is 19.5 Å². The zero-order chi connectivity index (χ0) is 18.4. The van der Waals surface area contributed by atoms with Crippen LogP contribution in [0.2, 0.25) is 5.02 Å². The van der Waals surface area contributed by atoms with E-state index in [4.69, 9.17) is 21.1 Å². The summed E-state index contributed by atoms with van der Waals surface area (Å²) in [7, 11) is 3.20. The van der Waals surface area contributed by atoms with Gasteiger partial charge in [-0.3, -0.25) is 4.79 Å². The van der Waals surface area contributed by atoms with Crippen LogP contribution in [0.1, 0.15) is 25.5 Å². The second kappa shape index (κ2) is 8.74. The number of hydrogen-bond acceptors (Lipinski definition) is 3. The molecule has 3 N–H and O–H groups in total. The number of halogens is 1. The highest BCUT2D eigenvalue weighted by Crippen LogP contribution is 2.27. The summed E-state index contributed by atoms with van der Waals surface area (Å²) in [5, 5.41) is 5.40. The molecule has 0 saturated heterocycles. The lowest BCUT2D eigenvalue weighted by molar-refractivity contribution is -0.709. The van der Waals surface area contributed by atoms with Crippen molar-refractivity contribution >= 4 is 23.2 Å². The maximum Gasteiger partial charge on any atom is 0.282 e. The van der Waals surface area contributed by atoms with Crippen molar-refractivity contribution in [2.24, 2.45) is 0 Å². The number of rotatable bonds is 7. The molecule has 0 fully saturated rings. The Morgan fingerprint density at radius 3 is 2.44 bits per heavy atom. The topological polar surface area (TPSA) is 64.2 Å². The molecule has 134 valence electrons.